The van der Waals surface area contributed by atoms with Crippen molar-refractivity contribution in [3.05, 3.63) is 53.8 Å². The number of ether oxygens (including phenoxy) is 1. The molecule has 2 rings (SSSR count). The summed E-state index contributed by atoms with van der Waals surface area (Å²) in [6.07, 6.45) is 1.98. The Bertz CT molecular complexity index is 590. The summed E-state index contributed by atoms with van der Waals surface area (Å²) < 4.78 is 18.9. The molecule has 0 heterocycles. The van der Waals surface area contributed by atoms with Crippen LogP contribution in [0.25, 0.3) is 0 Å². The Labute approximate surface area is 109 Å². The molecule has 0 fully saturated rings. The molecule has 0 aliphatic heterocycles. The van der Waals surface area contributed by atoms with Crippen LogP contribution in [0.5, 0.6) is 11.5 Å². The van der Waals surface area contributed by atoms with Crippen molar-refractivity contribution in [1.82, 2.24) is 0 Å². The Kier molecular flexibility index (Phi) is 3.85. The number of hydrogen-bond acceptors (Lipinski definition) is 3. The molecule has 4 heteroatoms. The van der Waals surface area contributed by atoms with E-state index in [4.69, 9.17) is 10.00 Å². The van der Waals surface area contributed by atoms with Gasteiger partial charge in [-0.15, -0.1) is 11.8 Å². The fourth-order valence-corrected chi connectivity index (χ4v) is 1.88. The molecule has 0 aromatic heterocycles. The van der Waals surface area contributed by atoms with Crippen molar-refractivity contribution in [3.8, 4) is 17.6 Å². The van der Waals surface area contributed by atoms with E-state index in [1.807, 2.05) is 18.4 Å². The third-order valence-corrected chi connectivity index (χ3v) is 3.12. The lowest BCUT2D eigenvalue weighted by atomic mass is 10.2. The average molecular weight is 259 g/mol. The molecule has 0 saturated heterocycles. The smallest absolute Gasteiger partial charge is 0.148 e. The van der Waals surface area contributed by atoms with Crippen molar-refractivity contribution in [1.29, 1.82) is 5.26 Å². The Morgan fingerprint density at radius 1 is 1.17 bits per heavy atom. The molecule has 18 heavy (non-hydrogen) atoms. The second kappa shape index (κ2) is 5.56. The van der Waals surface area contributed by atoms with Gasteiger partial charge in [-0.25, -0.2) is 4.39 Å². The van der Waals surface area contributed by atoms with Gasteiger partial charge in [0.15, 0.2) is 0 Å². The number of benzene rings is 2. The molecule has 0 radical (unpaired) electrons. The van der Waals surface area contributed by atoms with Gasteiger partial charge in [0.1, 0.15) is 28.9 Å². The van der Waals surface area contributed by atoms with Crippen molar-refractivity contribution >= 4 is 11.8 Å². The highest BCUT2D eigenvalue weighted by atomic mass is 32.2. The zero-order valence-electron chi connectivity index (χ0n) is 9.68. The minimum atomic E-state index is -0.573. The summed E-state index contributed by atoms with van der Waals surface area (Å²) >= 11 is 1.63. The molecule has 2 nitrogen and oxygen atoms in total. The van der Waals surface area contributed by atoms with E-state index in [2.05, 4.69) is 0 Å². The largest absolute Gasteiger partial charge is 0.456 e. The molecule has 0 aliphatic carbocycles. The van der Waals surface area contributed by atoms with Crippen LogP contribution in [-0.2, 0) is 0 Å². The fraction of sp³-hybridized carbons (Fsp3) is 0.0714. The zero-order chi connectivity index (χ0) is 13.0. The lowest BCUT2D eigenvalue weighted by molar-refractivity contribution is 0.474. The molecular weight excluding hydrogens is 249 g/mol. The SMILES string of the molecule is CSc1ccc(Oc2cccc(F)c2C#N)cc1. The highest BCUT2D eigenvalue weighted by Gasteiger charge is 2.09. The Balaban J connectivity index is 2.28. The van der Waals surface area contributed by atoms with Crippen LogP contribution in [0.15, 0.2) is 47.4 Å². The van der Waals surface area contributed by atoms with Crippen LogP contribution >= 0.6 is 11.8 Å². The maximum absolute atomic E-state index is 13.4. The van der Waals surface area contributed by atoms with E-state index in [0.29, 0.717) is 5.75 Å². The summed E-state index contributed by atoms with van der Waals surface area (Å²) in [6.45, 7) is 0. The van der Waals surface area contributed by atoms with E-state index in [1.165, 1.54) is 12.1 Å². The van der Waals surface area contributed by atoms with Gasteiger partial charge in [0.2, 0.25) is 0 Å². The number of rotatable bonds is 3. The minimum Gasteiger partial charge on any atom is -0.456 e. The van der Waals surface area contributed by atoms with E-state index >= 15 is 0 Å². The Morgan fingerprint density at radius 3 is 2.50 bits per heavy atom. The number of halogens is 1. The second-order valence-corrected chi connectivity index (χ2v) is 4.38. The molecular formula is C14H10FNOS. The number of thioether (sulfide) groups is 1. The molecule has 2 aromatic rings. The van der Waals surface area contributed by atoms with Gasteiger partial charge in [-0.3, -0.25) is 0 Å². The van der Waals surface area contributed by atoms with Crippen LogP contribution in [0.2, 0.25) is 0 Å². The third-order valence-electron chi connectivity index (χ3n) is 2.37. The van der Waals surface area contributed by atoms with Gasteiger partial charge in [0.05, 0.1) is 0 Å². The van der Waals surface area contributed by atoms with Gasteiger partial charge >= 0.3 is 0 Å². The highest BCUT2D eigenvalue weighted by molar-refractivity contribution is 7.98. The van der Waals surface area contributed by atoms with Crippen LogP contribution < -0.4 is 4.74 Å². The van der Waals surface area contributed by atoms with Crippen LogP contribution in [0, 0.1) is 17.1 Å². The summed E-state index contributed by atoms with van der Waals surface area (Å²) in [5.74, 6) is 0.236. The van der Waals surface area contributed by atoms with Crippen LogP contribution in [0.4, 0.5) is 4.39 Å². The predicted molar refractivity (Wildman–Crippen MR) is 69.4 cm³/mol. The summed E-state index contributed by atoms with van der Waals surface area (Å²) in [5, 5.41) is 8.89. The van der Waals surface area contributed by atoms with Crippen LogP contribution in [-0.4, -0.2) is 6.26 Å². The fourth-order valence-electron chi connectivity index (χ4n) is 1.47. The quantitative estimate of drug-likeness (QED) is 0.774. The van der Waals surface area contributed by atoms with Crippen molar-refractivity contribution in [2.75, 3.05) is 6.26 Å². The number of nitrogens with zero attached hydrogens (tertiary/aromatic N) is 1. The number of hydrogen-bond donors (Lipinski definition) is 0. The van der Waals surface area contributed by atoms with Gasteiger partial charge in [0.25, 0.3) is 0 Å². The Hall–Kier alpha value is -1.99. The molecule has 0 spiro atoms. The molecule has 90 valence electrons. The van der Waals surface area contributed by atoms with E-state index in [-0.39, 0.29) is 11.3 Å². The van der Waals surface area contributed by atoms with Crippen LogP contribution in [0.1, 0.15) is 5.56 Å². The normalized spacial score (nSPS) is 9.83. The maximum atomic E-state index is 13.4. The highest BCUT2D eigenvalue weighted by Crippen LogP contribution is 2.27. The molecule has 0 atom stereocenters. The first-order valence-electron chi connectivity index (χ1n) is 5.25. The minimum absolute atomic E-state index is 0.0774. The maximum Gasteiger partial charge on any atom is 0.148 e. The van der Waals surface area contributed by atoms with Gasteiger partial charge in [-0.1, -0.05) is 6.07 Å². The van der Waals surface area contributed by atoms with Gasteiger partial charge in [-0.2, -0.15) is 5.26 Å². The average Bonchev–Trinajstić information content (AvgIpc) is 2.40. The lowest BCUT2D eigenvalue weighted by Crippen LogP contribution is -1.91. The summed E-state index contributed by atoms with van der Waals surface area (Å²) in [6, 6.07) is 13.5. The molecule has 2 aromatic carbocycles. The van der Waals surface area contributed by atoms with E-state index < -0.39 is 5.82 Å². The monoisotopic (exact) mass is 259 g/mol. The van der Waals surface area contributed by atoms with Crippen molar-refractivity contribution < 1.29 is 9.13 Å². The number of nitriles is 1. The van der Waals surface area contributed by atoms with Crippen molar-refractivity contribution in [2.45, 2.75) is 4.90 Å². The molecule has 0 bridgehead atoms. The van der Waals surface area contributed by atoms with Crippen LogP contribution in [0.3, 0.4) is 0 Å². The van der Waals surface area contributed by atoms with Crippen molar-refractivity contribution in [2.24, 2.45) is 0 Å². The standard InChI is InChI=1S/C14H10FNOS/c1-18-11-7-5-10(6-8-11)17-14-4-2-3-13(15)12(14)9-16/h2-8H,1H3. The lowest BCUT2D eigenvalue weighted by Gasteiger charge is -2.08. The first-order valence-corrected chi connectivity index (χ1v) is 6.47. The molecule has 0 saturated carbocycles. The molecule has 0 unspecified atom stereocenters. The van der Waals surface area contributed by atoms with E-state index in [1.54, 1.807) is 36.0 Å². The van der Waals surface area contributed by atoms with Gasteiger partial charge in [-0.05, 0) is 42.7 Å². The topological polar surface area (TPSA) is 33.0 Å². The summed E-state index contributed by atoms with van der Waals surface area (Å²) in [4.78, 5) is 1.11. The third kappa shape index (κ3) is 2.63. The zero-order valence-corrected chi connectivity index (χ0v) is 10.5. The predicted octanol–water partition coefficient (Wildman–Crippen LogP) is 4.21. The van der Waals surface area contributed by atoms with E-state index in [9.17, 15) is 4.39 Å². The first kappa shape index (κ1) is 12.5. The van der Waals surface area contributed by atoms with E-state index in [0.717, 1.165) is 4.90 Å². The second-order valence-electron chi connectivity index (χ2n) is 3.50. The van der Waals surface area contributed by atoms with Gasteiger partial charge < -0.3 is 4.74 Å². The Morgan fingerprint density at radius 2 is 1.89 bits per heavy atom. The van der Waals surface area contributed by atoms with Gasteiger partial charge in [0, 0.05) is 4.90 Å². The molecule has 0 N–H and O–H groups in total. The first-order chi connectivity index (χ1) is 8.74. The molecule has 0 aliphatic rings. The molecule has 0 amide bonds. The summed E-state index contributed by atoms with van der Waals surface area (Å²) in [7, 11) is 0. The summed E-state index contributed by atoms with van der Waals surface area (Å²) in [5.41, 5.74) is -0.0774. The van der Waals surface area contributed by atoms with Crippen molar-refractivity contribution in [3.63, 3.8) is 0 Å².